The number of pyridine rings is 1. The quantitative estimate of drug-likeness (QED) is 0.599. The SMILES string of the molecule is CC1(C)CC(CN2CCN(C(=O)c3cccnc3)C2=N[N+](=O)[O-])CO1. The van der Waals surface area contributed by atoms with Crippen LogP contribution in [0.1, 0.15) is 30.6 Å². The van der Waals surface area contributed by atoms with E-state index in [1.54, 1.807) is 23.2 Å². The molecule has 1 atom stereocenters. The number of carbonyl (C=O) groups is 1. The molecule has 9 heteroatoms. The predicted octanol–water partition coefficient (Wildman–Crippen LogP) is 1.20. The molecule has 1 amide bonds. The second-order valence-electron chi connectivity index (χ2n) is 6.92. The topological polar surface area (TPSA) is 101 Å². The van der Waals surface area contributed by atoms with E-state index >= 15 is 0 Å². The van der Waals surface area contributed by atoms with Crippen molar-refractivity contribution in [2.75, 3.05) is 26.2 Å². The number of amides is 1. The Morgan fingerprint density at radius 3 is 2.92 bits per heavy atom. The van der Waals surface area contributed by atoms with E-state index < -0.39 is 5.03 Å². The Labute approximate surface area is 145 Å². The minimum Gasteiger partial charge on any atom is -0.375 e. The van der Waals surface area contributed by atoms with E-state index in [0.29, 0.717) is 31.8 Å². The number of nitrogens with zero attached hydrogens (tertiary/aromatic N) is 5. The Kier molecular flexibility index (Phi) is 4.67. The summed E-state index contributed by atoms with van der Waals surface area (Å²) in [6, 6.07) is 3.29. The minimum atomic E-state index is -0.758. The van der Waals surface area contributed by atoms with E-state index in [9.17, 15) is 14.9 Å². The zero-order valence-electron chi connectivity index (χ0n) is 14.3. The summed E-state index contributed by atoms with van der Waals surface area (Å²) in [5.74, 6) is 0.00293. The van der Waals surface area contributed by atoms with Gasteiger partial charge >= 0.3 is 0 Å². The van der Waals surface area contributed by atoms with Crippen molar-refractivity contribution in [3.05, 3.63) is 40.2 Å². The summed E-state index contributed by atoms with van der Waals surface area (Å²) in [7, 11) is 0. The highest BCUT2D eigenvalue weighted by molar-refractivity contribution is 6.06. The van der Waals surface area contributed by atoms with Crippen molar-refractivity contribution in [3.63, 3.8) is 0 Å². The van der Waals surface area contributed by atoms with Gasteiger partial charge in [0.2, 0.25) is 0 Å². The molecule has 134 valence electrons. The highest BCUT2D eigenvalue weighted by atomic mass is 16.7. The molecule has 25 heavy (non-hydrogen) atoms. The molecule has 2 aliphatic heterocycles. The predicted molar refractivity (Wildman–Crippen MR) is 89.4 cm³/mol. The standard InChI is InChI=1S/C16H21N5O4/c1-16(2)8-12(11-25-16)10-19-6-7-20(15(19)18-21(23)24)14(22)13-4-3-5-17-9-13/h3-5,9,12H,6-8,10-11H2,1-2H3. The van der Waals surface area contributed by atoms with Crippen LogP contribution in [0.15, 0.2) is 29.6 Å². The fourth-order valence-electron chi connectivity index (χ4n) is 3.38. The van der Waals surface area contributed by atoms with Gasteiger partial charge in [-0.15, -0.1) is 0 Å². The van der Waals surface area contributed by atoms with Crippen LogP contribution in [0.3, 0.4) is 0 Å². The number of rotatable bonds is 4. The van der Waals surface area contributed by atoms with Gasteiger partial charge in [-0.05, 0) is 32.4 Å². The van der Waals surface area contributed by atoms with E-state index in [1.165, 1.54) is 11.1 Å². The molecule has 0 bridgehead atoms. The van der Waals surface area contributed by atoms with Crippen molar-refractivity contribution in [1.29, 1.82) is 0 Å². The summed E-state index contributed by atoms with van der Waals surface area (Å²) in [4.78, 5) is 30.7. The van der Waals surface area contributed by atoms with Gasteiger partial charge < -0.3 is 9.64 Å². The maximum atomic E-state index is 12.7. The van der Waals surface area contributed by atoms with Crippen molar-refractivity contribution in [1.82, 2.24) is 14.8 Å². The number of ether oxygens (including phenoxy) is 1. The average molecular weight is 347 g/mol. The van der Waals surface area contributed by atoms with E-state index in [-0.39, 0.29) is 23.4 Å². The Hall–Kier alpha value is -2.55. The van der Waals surface area contributed by atoms with Crippen LogP contribution in [0.5, 0.6) is 0 Å². The monoisotopic (exact) mass is 347 g/mol. The van der Waals surface area contributed by atoms with Gasteiger partial charge in [0.1, 0.15) is 5.10 Å². The molecule has 9 nitrogen and oxygen atoms in total. The zero-order chi connectivity index (χ0) is 18.0. The second kappa shape index (κ2) is 6.75. The molecular weight excluding hydrogens is 326 g/mol. The summed E-state index contributed by atoms with van der Waals surface area (Å²) >= 11 is 0. The summed E-state index contributed by atoms with van der Waals surface area (Å²) in [6.07, 6.45) is 3.88. The first kappa shape index (κ1) is 17.3. The molecule has 1 unspecified atom stereocenters. The molecule has 1 aromatic heterocycles. The van der Waals surface area contributed by atoms with E-state index in [0.717, 1.165) is 6.42 Å². The number of carbonyl (C=O) groups excluding carboxylic acids is 1. The smallest absolute Gasteiger partial charge is 0.281 e. The van der Waals surface area contributed by atoms with Crippen molar-refractivity contribution < 1.29 is 14.6 Å². The number of hydrazone groups is 1. The van der Waals surface area contributed by atoms with Gasteiger partial charge in [-0.25, -0.2) is 10.1 Å². The van der Waals surface area contributed by atoms with Gasteiger partial charge in [0, 0.05) is 37.9 Å². The van der Waals surface area contributed by atoms with Crippen molar-refractivity contribution in [2.45, 2.75) is 25.9 Å². The van der Waals surface area contributed by atoms with Crippen LogP contribution in [0.2, 0.25) is 0 Å². The van der Waals surface area contributed by atoms with Crippen LogP contribution in [-0.2, 0) is 4.74 Å². The van der Waals surface area contributed by atoms with E-state index in [4.69, 9.17) is 4.74 Å². The fourth-order valence-corrected chi connectivity index (χ4v) is 3.38. The fraction of sp³-hybridized carbons (Fsp3) is 0.562. The van der Waals surface area contributed by atoms with Gasteiger partial charge in [0.05, 0.1) is 17.8 Å². The minimum absolute atomic E-state index is 0.0866. The van der Waals surface area contributed by atoms with Crippen molar-refractivity contribution >= 4 is 11.9 Å². The number of guanidine groups is 1. The number of nitro groups is 1. The third-order valence-electron chi connectivity index (χ3n) is 4.41. The maximum Gasteiger partial charge on any atom is 0.281 e. The van der Waals surface area contributed by atoms with Crippen LogP contribution >= 0.6 is 0 Å². The van der Waals surface area contributed by atoms with E-state index in [2.05, 4.69) is 10.1 Å². The Morgan fingerprint density at radius 1 is 1.52 bits per heavy atom. The zero-order valence-corrected chi connectivity index (χ0v) is 14.3. The molecule has 1 aromatic rings. The maximum absolute atomic E-state index is 12.7. The second-order valence-corrected chi connectivity index (χ2v) is 6.92. The highest BCUT2D eigenvalue weighted by Gasteiger charge is 2.39. The van der Waals surface area contributed by atoms with E-state index in [1.807, 2.05) is 13.8 Å². The van der Waals surface area contributed by atoms with Gasteiger partial charge in [-0.3, -0.25) is 14.7 Å². The molecule has 0 spiro atoms. The Morgan fingerprint density at radius 2 is 2.32 bits per heavy atom. The van der Waals surface area contributed by atoms with Gasteiger partial charge in [0.15, 0.2) is 5.03 Å². The van der Waals surface area contributed by atoms with Gasteiger partial charge in [-0.1, -0.05) is 0 Å². The molecule has 0 radical (unpaired) electrons. The van der Waals surface area contributed by atoms with Crippen LogP contribution in [0.25, 0.3) is 0 Å². The molecule has 3 rings (SSSR count). The lowest BCUT2D eigenvalue weighted by molar-refractivity contribution is -0.486. The normalized spacial score (nSPS) is 24.1. The van der Waals surface area contributed by atoms with Crippen LogP contribution in [0, 0.1) is 16.0 Å². The molecule has 2 aliphatic rings. The molecule has 0 N–H and O–H groups in total. The number of aromatic nitrogens is 1. The Balaban J connectivity index is 1.77. The van der Waals surface area contributed by atoms with Crippen LogP contribution in [0.4, 0.5) is 0 Å². The summed E-state index contributed by atoms with van der Waals surface area (Å²) in [6.45, 7) is 6.11. The number of hydrogen-bond donors (Lipinski definition) is 0. The largest absolute Gasteiger partial charge is 0.375 e. The van der Waals surface area contributed by atoms with Gasteiger partial charge in [-0.2, -0.15) is 0 Å². The average Bonchev–Trinajstić information content (AvgIpc) is 3.11. The summed E-state index contributed by atoms with van der Waals surface area (Å²) in [5.41, 5.74) is 0.196. The molecule has 0 aromatic carbocycles. The molecule has 0 saturated carbocycles. The Bertz CT molecular complexity index is 691. The molecule has 2 fully saturated rings. The lowest BCUT2D eigenvalue weighted by atomic mass is 9.97. The first-order valence-electron chi connectivity index (χ1n) is 8.19. The first-order chi connectivity index (χ1) is 11.9. The highest BCUT2D eigenvalue weighted by Crippen LogP contribution is 2.30. The van der Waals surface area contributed by atoms with Crippen molar-refractivity contribution in [3.8, 4) is 0 Å². The number of hydrogen-bond acceptors (Lipinski definition) is 5. The van der Waals surface area contributed by atoms with Gasteiger partial charge in [0.25, 0.3) is 11.9 Å². The molecular formula is C16H21N5O4. The third kappa shape index (κ3) is 3.93. The van der Waals surface area contributed by atoms with Crippen molar-refractivity contribution in [2.24, 2.45) is 11.0 Å². The lowest BCUT2D eigenvalue weighted by Crippen LogP contribution is -2.40. The lowest BCUT2D eigenvalue weighted by Gasteiger charge is -2.22. The molecule has 0 aliphatic carbocycles. The molecule has 2 saturated heterocycles. The van der Waals surface area contributed by atoms with Crippen LogP contribution < -0.4 is 0 Å². The summed E-state index contributed by atoms with van der Waals surface area (Å²) < 4.78 is 5.73. The third-order valence-corrected chi connectivity index (χ3v) is 4.41. The first-order valence-corrected chi connectivity index (χ1v) is 8.19. The summed E-state index contributed by atoms with van der Waals surface area (Å²) in [5, 5.41) is 13.7. The van der Waals surface area contributed by atoms with Crippen LogP contribution in [-0.4, -0.2) is 63.5 Å². The molecule has 3 heterocycles.